The zero-order valence-corrected chi connectivity index (χ0v) is 13.0. The van der Waals surface area contributed by atoms with Gasteiger partial charge in [0.15, 0.2) is 17.8 Å². The quantitative estimate of drug-likeness (QED) is 0.726. The number of carbonyl (C=O) groups excluding carboxylic acids is 1. The van der Waals surface area contributed by atoms with Crippen molar-refractivity contribution >= 4 is 17.5 Å². The molecule has 0 radical (unpaired) electrons. The van der Waals surface area contributed by atoms with Crippen molar-refractivity contribution in [3.63, 3.8) is 0 Å². The van der Waals surface area contributed by atoms with Gasteiger partial charge in [-0.25, -0.2) is 4.98 Å². The monoisotopic (exact) mass is 323 g/mol. The Balaban J connectivity index is 1.95. The van der Waals surface area contributed by atoms with Crippen LogP contribution in [0, 0.1) is 0 Å². The minimum atomic E-state index is -0.294. The molecule has 0 spiro atoms. The van der Waals surface area contributed by atoms with E-state index in [1.54, 1.807) is 19.2 Å². The summed E-state index contributed by atoms with van der Waals surface area (Å²) >= 11 is 6.13. The fourth-order valence-corrected chi connectivity index (χ4v) is 2.11. The summed E-state index contributed by atoms with van der Waals surface area (Å²) in [4.78, 5) is 16.2. The molecule has 1 aromatic heterocycles. The number of benzene rings is 1. The molecular weight excluding hydrogens is 306 g/mol. The lowest BCUT2D eigenvalue weighted by Gasteiger charge is -2.06. The number of ether oxygens (including phenoxy) is 1. The molecule has 7 heteroatoms. The Morgan fingerprint density at radius 2 is 2.14 bits per heavy atom. The lowest BCUT2D eigenvalue weighted by molar-refractivity contribution is 0.0949. The van der Waals surface area contributed by atoms with Crippen LogP contribution >= 0.6 is 11.6 Å². The second kappa shape index (κ2) is 8.53. The smallest absolute Gasteiger partial charge is 0.273 e. The highest BCUT2D eigenvalue weighted by molar-refractivity contribution is 6.33. The van der Waals surface area contributed by atoms with Crippen molar-refractivity contribution in [3.05, 3.63) is 41.4 Å². The Kier molecular flexibility index (Phi) is 6.39. The van der Waals surface area contributed by atoms with E-state index in [2.05, 4.69) is 15.6 Å². The Hall–Kier alpha value is -1.89. The molecule has 118 valence electrons. The van der Waals surface area contributed by atoms with E-state index in [9.17, 15) is 4.79 Å². The largest absolute Gasteiger partial charge is 0.443 e. The van der Waals surface area contributed by atoms with Gasteiger partial charge in [-0.15, -0.1) is 0 Å². The van der Waals surface area contributed by atoms with Gasteiger partial charge in [-0.1, -0.05) is 23.7 Å². The second-order valence-electron chi connectivity index (χ2n) is 4.51. The molecule has 6 nitrogen and oxygen atoms in total. The van der Waals surface area contributed by atoms with Gasteiger partial charge in [-0.05, 0) is 12.1 Å². The van der Waals surface area contributed by atoms with Gasteiger partial charge in [-0.2, -0.15) is 0 Å². The average molecular weight is 324 g/mol. The summed E-state index contributed by atoms with van der Waals surface area (Å²) in [5.74, 6) is 0.0765. The summed E-state index contributed by atoms with van der Waals surface area (Å²) in [6, 6.07) is 7.16. The maximum absolute atomic E-state index is 12.2. The van der Waals surface area contributed by atoms with Crippen LogP contribution in [0.25, 0.3) is 11.3 Å². The second-order valence-corrected chi connectivity index (χ2v) is 4.92. The summed E-state index contributed by atoms with van der Waals surface area (Å²) in [6.45, 7) is 2.50. The van der Waals surface area contributed by atoms with E-state index in [1.165, 1.54) is 6.39 Å². The van der Waals surface area contributed by atoms with Crippen LogP contribution in [0.3, 0.4) is 0 Å². The molecule has 2 rings (SSSR count). The maximum atomic E-state index is 12.2. The van der Waals surface area contributed by atoms with E-state index >= 15 is 0 Å². The summed E-state index contributed by atoms with van der Waals surface area (Å²) in [5, 5.41) is 6.43. The molecule has 0 saturated carbocycles. The standard InChI is InChI=1S/C15H18ClN3O3/c1-21-9-8-17-6-7-18-15(20)13-14(22-10-19-13)11-4-2-3-5-12(11)16/h2-5,10,17H,6-9H2,1H3,(H,18,20). The number of oxazole rings is 1. The lowest BCUT2D eigenvalue weighted by Crippen LogP contribution is -2.33. The predicted molar refractivity (Wildman–Crippen MR) is 84.0 cm³/mol. The van der Waals surface area contributed by atoms with E-state index in [0.29, 0.717) is 36.0 Å². The van der Waals surface area contributed by atoms with Gasteiger partial charge < -0.3 is 19.8 Å². The summed E-state index contributed by atoms with van der Waals surface area (Å²) in [5.41, 5.74) is 0.870. The van der Waals surface area contributed by atoms with E-state index in [-0.39, 0.29) is 11.6 Å². The van der Waals surface area contributed by atoms with E-state index in [1.807, 2.05) is 12.1 Å². The maximum Gasteiger partial charge on any atom is 0.273 e. The molecule has 0 aliphatic heterocycles. The van der Waals surface area contributed by atoms with Crippen molar-refractivity contribution in [3.8, 4) is 11.3 Å². The highest BCUT2D eigenvalue weighted by atomic mass is 35.5. The molecule has 2 aromatic rings. The van der Waals surface area contributed by atoms with Crippen molar-refractivity contribution in [2.45, 2.75) is 0 Å². The molecule has 0 bridgehead atoms. The van der Waals surface area contributed by atoms with Gasteiger partial charge in [0.05, 0.1) is 11.6 Å². The van der Waals surface area contributed by atoms with Crippen LogP contribution in [0.2, 0.25) is 5.02 Å². The van der Waals surface area contributed by atoms with E-state index in [4.69, 9.17) is 20.8 Å². The number of hydrogen-bond donors (Lipinski definition) is 2. The Morgan fingerprint density at radius 1 is 1.32 bits per heavy atom. The first-order valence-electron chi connectivity index (χ1n) is 6.90. The van der Waals surface area contributed by atoms with Gasteiger partial charge in [0.1, 0.15) is 0 Å². The molecule has 0 aliphatic rings. The molecule has 22 heavy (non-hydrogen) atoms. The SMILES string of the molecule is COCCNCCNC(=O)c1ncoc1-c1ccccc1Cl. The lowest BCUT2D eigenvalue weighted by atomic mass is 10.1. The van der Waals surface area contributed by atoms with Crippen molar-refractivity contribution < 1.29 is 13.9 Å². The van der Waals surface area contributed by atoms with E-state index in [0.717, 1.165) is 6.54 Å². The minimum absolute atomic E-state index is 0.227. The van der Waals surface area contributed by atoms with Crippen LogP contribution in [0.5, 0.6) is 0 Å². The number of carbonyl (C=O) groups is 1. The average Bonchev–Trinajstić information content (AvgIpc) is 3.00. The normalized spacial score (nSPS) is 10.6. The first-order chi connectivity index (χ1) is 10.7. The zero-order chi connectivity index (χ0) is 15.8. The molecule has 1 aromatic carbocycles. The third-order valence-electron chi connectivity index (χ3n) is 2.97. The van der Waals surface area contributed by atoms with Crippen LogP contribution in [-0.4, -0.2) is 44.2 Å². The van der Waals surface area contributed by atoms with E-state index < -0.39 is 0 Å². The third-order valence-corrected chi connectivity index (χ3v) is 3.30. The van der Waals surface area contributed by atoms with Crippen LogP contribution in [0.15, 0.2) is 35.1 Å². The first-order valence-corrected chi connectivity index (χ1v) is 7.28. The van der Waals surface area contributed by atoms with Crippen LogP contribution < -0.4 is 10.6 Å². The summed E-state index contributed by atoms with van der Waals surface area (Å²) in [7, 11) is 1.64. The molecule has 2 N–H and O–H groups in total. The molecule has 0 unspecified atom stereocenters. The fourth-order valence-electron chi connectivity index (χ4n) is 1.89. The van der Waals surface area contributed by atoms with Gasteiger partial charge >= 0.3 is 0 Å². The van der Waals surface area contributed by atoms with Crippen molar-refractivity contribution in [2.24, 2.45) is 0 Å². The highest BCUT2D eigenvalue weighted by Crippen LogP contribution is 2.29. The van der Waals surface area contributed by atoms with Gasteiger partial charge in [-0.3, -0.25) is 4.79 Å². The van der Waals surface area contributed by atoms with Crippen molar-refractivity contribution in [1.82, 2.24) is 15.6 Å². The highest BCUT2D eigenvalue weighted by Gasteiger charge is 2.19. The van der Waals surface area contributed by atoms with Gasteiger partial charge in [0, 0.05) is 32.3 Å². The Morgan fingerprint density at radius 3 is 2.91 bits per heavy atom. The van der Waals surface area contributed by atoms with Crippen LogP contribution in [-0.2, 0) is 4.74 Å². The molecule has 0 atom stereocenters. The van der Waals surface area contributed by atoms with Crippen LogP contribution in [0.4, 0.5) is 0 Å². The number of methoxy groups -OCH3 is 1. The number of nitrogens with one attached hydrogen (secondary N) is 2. The number of nitrogens with zero attached hydrogens (tertiary/aromatic N) is 1. The summed E-state index contributed by atoms with van der Waals surface area (Å²) in [6.07, 6.45) is 1.24. The predicted octanol–water partition coefficient (Wildman–Crippen LogP) is 1.96. The minimum Gasteiger partial charge on any atom is -0.443 e. The molecular formula is C15H18ClN3O3. The zero-order valence-electron chi connectivity index (χ0n) is 12.3. The number of halogens is 1. The molecule has 0 fully saturated rings. The topological polar surface area (TPSA) is 76.4 Å². The van der Waals surface area contributed by atoms with Crippen LogP contribution in [0.1, 0.15) is 10.5 Å². The van der Waals surface area contributed by atoms with Crippen molar-refractivity contribution in [1.29, 1.82) is 0 Å². The Labute approximate surface area is 133 Å². The fraction of sp³-hybridized carbons (Fsp3) is 0.333. The molecule has 1 heterocycles. The molecule has 0 saturated heterocycles. The number of rotatable bonds is 8. The molecule has 1 amide bonds. The van der Waals surface area contributed by atoms with Gasteiger partial charge in [0.2, 0.25) is 0 Å². The number of hydrogen-bond acceptors (Lipinski definition) is 5. The third kappa shape index (κ3) is 4.30. The Bertz CT molecular complexity index is 616. The number of amides is 1. The first kappa shape index (κ1) is 16.5. The van der Waals surface area contributed by atoms with Gasteiger partial charge in [0.25, 0.3) is 5.91 Å². The number of aromatic nitrogens is 1. The van der Waals surface area contributed by atoms with Crippen molar-refractivity contribution in [2.75, 3.05) is 33.4 Å². The summed E-state index contributed by atoms with van der Waals surface area (Å²) < 4.78 is 10.2. The molecule has 0 aliphatic carbocycles.